The zero-order valence-electron chi connectivity index (χ0n) is 14.7. The molecule has 0 N–H and O–H groups in total. The Morgan fingerprint density at radius 1 is 1.21 bits per heavy atom. The zero-order chi connectivity index (χ0) is 22.1. The number of nitrogens with zero attached hydrogens (tertiary/aromatic N) is 2. The highest BCUT2D eigenvalue weighted by atomic mass is 35.5. The van der Waals surface area contributed by atoms with Crippen molar-refractivity contribution in [2.45, 2.75) is 11.1 Å². The Kier molecular flexibility index (Phi) is 6.78. The Bertz CT molecular complexity index is 1060. The minimum Gasteiger partial charge on any atom is -0.468 e. The minimum atomic E-state index is -4.72. The maximum absolute atomic E-state index is 14.4. The fourth-order valence-corrected chi connectivity index (χ4v) is 4.09. The number of halogens is 6. The summed E-state index contributed by atoms with van der Waals surface area (Å²) in [5.74, 6) is -1.92. The van der Waals surface area contributed by atoms with E-state index in [9.17, 15) is 30.8 Å². The number of likely N-dealkylation sites (N-methyl/N-ethyl adjacent to an activating group) is 1. The van der Waals surface area contributed by atoms with Crippen molar-refractivity contribution in [1.82, 2.24) is 9.29 Å². The molecule has 0 fully saturated rings. The van der Waals surface area contributed by atoms with Gasteiger partial charge in [0.25, 0.3) is 0 Å². The van der Waals surface area contributed by atoms with Crippen LogP contribution in [0.2, 0.25) is 10.0 Å². The third kappa shape index (κ3) is 4.97. The van der Waals surface area contributed by atoms with Crippen molar-refractivity contribution < 1.29 is 35.5 Å². The Balaban J connectivity index is 2.59. The van der Waals surface area contributed by atoms with Gasteiger partial charge in [-0.25, -0.2) is 12.8 Å². The van der Waals surface area contributed by atoms with Crippen LogP contribution in [0.25, 0.3) is 11.3 Å². The van der Waals surface area contributed by atoms with Gasteiger partial charge in [0, 0.05) is 18.8 Å². The number of pyridine rings is 1. The second-order valence-electron chi connectivity index (χ2n) is 5.65. The van der Waals surface area contributed by atoms with Crippen molar-refractivity contribution in [3.63, 3.8) is 0 Å². The highest BCUT2D eigenvalue weighted by molar-refractivity contribution is 7.89. The summed E-state index contributed by atoms with van der Waals surface area (Å²) in [4.78, 5) is 14.3. The molecule has 29 heavy (non-hydrogen) atoms. The monoisotopic (exact) mass is 474 g/mol. The Hall–Kier alpha value is -1.95. The second kappa shape index (κ2) is 8.42. The molecule has 158 valence electrons. The Labute approximate surface area is 173 Å². The van der Waals surface area contributed by atoms with E-state index in [4.69, 9.17) is 23.2 Å². The SMILES string of the molecule is COC(=O)CN(C)S(=O)(=O)c1cc(-c2ncc(C(F)(F)F)cc2Cl)c(F)cc1Cl. The first kappa shape index (κ1) is 23.3. The van der Waals surface area contributed by atoms with Gasteiger partial charge in [-0.05, 0) is 18.2 Å². The van der Waals surface area contributed by atoms with Crippen LogP contribution in [0.5, 0.6) is 0 Å². The summed E-state index contributed by atoms with van der Waals surface area (Å²) in [7, 11) is -2.26. The maximum Gasteiger partial charge on any atom is 0.417 e. The lowest BCUT2D eigenvalue weighted by atomic mass is 10.1. The molecular weight excluding hydrogens is 463 g/mol. The molecule has 1 aromatic heterocycles. The van der Waals surface area contributed by atoms with Crippen molar-refractivity contribution in [3.05, 3.63) is 45.8 Å². The third-order valence-corrected chi connectivity index (χ3v) is 6.27. The van der Waals surface area contributed by atoms with E-state index in [1.807, 2.05) is 0 Å². The fraction of sp³-hybridized carbons (Fsp3) is 0.250. The van der Waals surface area contributed by atoms with Gasteiger partial charge >= 0.3 is 12.1 Å². The van der Waals surface area contributed by atoms with Crippen LogP contribution >= 0.6 is 23.2 Å². The summed E-state index contributed by atoms with van der Waals surface area (Å²) in [6.07, 6.45) is -4.29. The molecule has 0 atom stereocenters. The van der Waals surface area contributed by atoms with Gasteiger partial charge in [0.15, 0.2) is 0 Å². The van der Waals surface area contributed by atoms with Gasteiger partial charge < -0.3 is 4.74 Å². The number of rotatable bonds is 5. The number of alkyl halides is 3. The van der Waals surface area contributed by atoms with E-state index in [2.05, 4.69) is 9.72 Å². The lowest BCUT2D eigenvalue weighted by molar-refractivity contribution is -0.140. The van der Waals surface area contributed by atoms with Crippen LogP contribution in [0.15, 0.2) is 29.3 Å². The van der Waals surface area contributed by atoms with E-state index in [-0.39, 0.29) is 0 Å². The molecule has 0 bridgehead atoms. The lowest BCUT2D eigenvalue weighted by Crippen LogP contribution is -2.33. The zero-order valence-corrected chi connectivity index (χ0v) is 17.0. The number of sulfonamides is 1. The summed E-state index contributed by atoms with van der Waals surface area (Å²) >= 11 is 11.7. The summed E-state index contributed by atoms with van der Waals surface area (Å²) in [5.41, 5.74) is -2.06. The molecule has 0 amide bonds. The van der Waals surface area contributed by atoms with Gasteiger partial charge in [-0.2, -0.15) is 17.5 Å². The van der Waals surface area contributed by atoms with Crippen molar-refractivity contribution in [2.24, 2.45) is 0 Å². The van der Waals surface area contributed by atoms with Crippen LogP contribution < -0.4 is 0 Å². The summed E-state index contributed by atoms with van der Waals surface area (Å²) < 4.78 is 83.1. The van der Waals surface area contributed by atoms with E-state index in [0.717, 1.165) is 20.2 Å². The number of hydrogen-bond donors (Lipinski definition) is 0. The lowest BCUT2D eigenvalue weighted by Gasteiger charge is -2.18. The van der Waals surface area contributed by atoms with Gasteiger partial charge in [0.1, 0.15) is 17.3 Å². The Morgan fingerprint density at radius 3 is 2.34 bits per heavy atom. The van der Waals surface area contributed by atoms with Crippen molar-refractivity contribution >= 4 is 39.2 Å². The van der Waals surface area contributed by atoms with Crippen molar-refractivity contribution in [2.75, 3.05) is 20.7 Å². The largest absolute Gasteiger partial charge is 0.468 e. The van der Waals surface area contributed by atoms with Crippen LogP contribution in [0.3, 0.4) is 0 Å². The molecule has 6 nitrogen and oxygen atoms in total. The quantitative estimate of drug-likeness (QED) is 0.483. The number of aromatic nitrogens is 1. The van der Waals surface area contributed by atoms with Crippen LogP contribution in [-0.2, 0) is 25.7 Å². The highest BCUT2D eigenvalue weighted by Crippen LogP contribution is 2.37. The highest BCUT2D eigenvalue weighted by Gasteiger charge is 2.32. The van der Waals surface area contributed by atoms with E-state index >= 15 is 0 Å². The number of hydrogen-bond acceptors (Lipinski definition) is 5. The minimum absolute atomic E-state index is 0.416. The number of esters is 1. The van der Waals surface area contributed by atoms with E-state index in [1.165, 1.54) is 0 Å². The van der Waals surface area contributed by atoms with Gasteiger partial charge in [-0.1, -0.05) is 23.2 Å². The summed E-state index contributed by atoms with van der Waals surface area (Å²) in [6.45, 7) is -0.652. The van der Waals surface area contributed by atoms with Gasteiger partial charge in [-0.15, -0.1) is 0 Å². The molecule has 0 spiro atoms. The first-order valence-corrected chi connectivity index (χ1v) is 9.74. The number of carbonyl (C=O) groups excluding carboxylic acids is 1. The molecule has 0 saturated heterocycles. The molecule has 0 aliphatic carbocycles. The van der Waals surface area contributed by atoms with Crippen molar-refractivity contribution in [1.29, 1.82) is 0 Å². The molecule has 2 aromatic rings. The van der Waals surface area contributed by atoms with Gasteiger partial charge in [-0.3, -0.25) is 9.78 Å². The molecule has 0 aliphatic heterocycles. The molecule has 1 aromatic carbocycles. The maximum atomic E-state index is 14.4. The first-order valence-electron chi connectivity index (χ1n) is 7.54. The fourth-order valence-electron chi connectivity index (χ4n) is 2.20. The summed E-state index contributed by atoms with van der Waals surface area (Å²) in [5, 5.41) is -1.06. The first-order chi connectivity index (χ1) is 13.3. The summed E-state index contributed by atoms with van der Waals surface area (Å²) in [6, 6.07) is 1.98. The average Bonchev–Trinajstić information content (AvgIpc) is 2.61. The van der Waals surface area contributed by atoms with E-state index in [0.29, 0.717) is 22.6 Å². The molecule has 2 rings (SSSR count). The van der Waals surface area contributed by atoms with E-state index < -0.39 is 66.3 Å². The molecule has 0 unspecified atom stereocenters. The van der Waals surface area contributed by atoms with Crippen LogP contribution in [-0.4, -0.2) is 44.4 Å². The van der Waals surface area contributed by atoms with Crippen LogP contribution in [0.4, 0.5) is 17.6 Å². The number of ether oxygens (including phenoxy) is 1. The standard InChI is InChI=1S/C16H12Cl2F4N2O4S/c1-24(7-14(25)28-2)29(26,27)13-4-9(12(19)5-10(13)17)15-11(18)3-8(6-23-15)16(20,21)22/h3-6H,7H2,1-2H3. The number of benzene rings is 1. The number of carbonyl (C=O) groups is 1. The second-order valence-corrected chi connectivity index (χ2v) is 8.48. The topological polar surface area (TPSA) is 76.6 Å². The molecule has 0 saturated carbocycles. The van der Waals surface area contributed by atoms with Crippen LogP contribution in [0, 0.1) is 5.82 Å². The molecular formula is C16H12Cl2F4N2O4S. The normalized spacial score (nSPS) is 12.3. The third-order valence-electron chi connectivity index (χ3n) is 3.71. The molecule has 0 radical (unpaired) electrons. The molecule has 0 aliphatic rings. The number of methoxy groups -OCH3 is 1. The average molecular weight is 475 g/mol. The molecule has 13 heteroatoms. The van der Waals surface area contributed by atoms with E-state index in [1.54, 1.807) is 0 Å². The Morgan fingerprint density at radius 2 is 1.83 bits per heavy atom. The predicted octanol–water partition coefficient (Wildman–Crippen LogP) is 4.01. The van der Waals surface area contributed by atoms with Gasteiger partial charge in [0.05, 0.1) is 28.4 Å². The van der Waals surface area contributed by atoms with Crippen molar-refractivity contribution in [3.8, 4) is 11.3 Å². The van der Waals surface area contributed by atoms with Crippen LogP contribution in [0.1, 0.15) is 5.56 Å². The van der Waals surface area contributed by atoms with Gasteiger partial charge in [0.2, 0.25) is 10.0 Å². The molecule has 1 heterocycles. The predicted molar refractivity (Wildman–Crippen MR) is 96.5 cm³/mol. The smallest absolute Gasteiger partial charge is 0.417 e.